The topological polar surface area (TPSA) is 69.7 Å². The average Bonchev–Trinajstić information content (AvgIpc) is 2.38. The van der Waals surface area contributed by atoms with Crippen LogP contribution in [0.3, 0.4) is 0 Å². The fraction of sp³-hybridized carbons (Fsp3) is 0.462. The number of hydrogen-bond donors (Lipinski definition) is 0. The van der Waals surface area contributed by atoms with Gasteiger partial charge < -0.3 is 9.47 Å². The summed E-state index contributed by atoms with van der Waals surface area (Å²) in [6.07, 6.45) is -0.218. The molecular formula is C13H17ClO5S. The second-order valence-corrected chi connectivity index (χ2v) is 6.64. The number of halogens is 1. The van der Waals surface area contributed by atoms with Crippen LogP contribution in [0.2, 0.25) is 0 Å². The van der Waals surface area contributed by atoms with E-state index in [1.165, 1.54) is 18.2 Å². The first-order valence-corrected chi connectivity index (χ1v) is 8.51. The largest absolute Gasteiger partial charge is 0.479 e. The molecule has 0 N–H and O–H groups in total. The Morgan fingerprint density at radius 3 is 2.50 bits per heavy atom. The summed E-state index contributed by atoms with van der Waals surface area (Å²) in [4.78, 5) is 11.5. The van der Waals surface area contributed by atoms with Crippen molar-refractivity contribution in [1.29, 1.82) is 0 Å². The van der Waals surface area contributed by atoms with Gasteiger partial charge in [0.15, 0.2) is 6.10 Å². The number of hydrogen-bond acceptors (Lipinski definition) is 5. The quantitative estimate of drug-likeness (QED) is 0.595. The van der Waals surface area contributed by atoms with Gasteiger partial charge in [-0.05, 0) is 44.0 Å². The van der Waals surface area contributed by atoms with E-state index in [2.05, 4.69) is 0 Å². The SMILES string of the molecule is CCOC(=O)C(C)Oc1ccc(S(=O)(=O)Cl)cc1CC. The third-order valence-electron chi connectivity index (χ3n) is 2.62. The maximum Gasteiger partial charge on any atom is 0.347 e. The van der Waals surface area contributed by atoms with Crippen LogP contribution >= 0.6 is 10.7 Å². The monoisotopic (exact) mass is 320 g/mol. The van der Waals surface area contributed by atoms with Crippen molar-refractivity contribution in [2.45, 2.75) is 38.2 Å². The second kappa shape index (κ2) is 6.95. The van der Waals surface area contributed by atoms with E-state index < -0.39 is 21.1 Å². The lowest BCUT2D eigenvalue weighted by atomic mass is 10.1. The van der Waals surface area contributed by atoms with Crippen LogP contribution in [-0.2, 0) is 25.0 Å². The Bertz CT molecular complexity index is 582. The van der Waals surface area contributed by atoms with Gasteiger partial charge in [-0.25, -0.2) is 13.2 Å². The van der Waals surface area contributed by atoms with Crippen LogP contribution in [-0.4, -0.2) is 27.1 Å². The zero-order valence-electron chi connectivity index (χ0n) is 11.6. The Kier molecular flexibility index (Phi) is 5.83. The van der Waals surface area contributed by atoms with E-state index >= 15 is 0 Å². The van der Waals surface area contributed by atoms with Gasteiger partial charge in [-0.1, -0.05) is 6.92 Å². The molecule has 0 aromatic heterocycles. The maximum atomic E-state index is 11.5. The van der Waals surface area contributed by atoms with E-state index in [4.69, 9.17) is 20.2 Å². The van der Waals surface area contributed by atoms with Crippen LogP contribution < -0.4 is 4.74 Å². The molecule has 0 heterocycles. The highest BCUT2D eigenvalue weighted by Crippen LogP contribution is 2.26. The van der Waals surface area contributed by atoms with Gasteiger partial charge in [0.05, 0.1) is 11.5 Å². The van der Waals surface area contributed by atoms with Crippen molar-refractivity contribution in [1.82, 2.24) is 0 Å². The molecule has 1 unspecified atom stereocenters. The molecule has 0 bridgehead atoms. The van der Waals surface area contributed by atoms with Gasteiger partial charge in [0.2, 0.25) is 0 Å². The smallest absolute Gasteiger partial charge is 0.347 e. The number of esters is 1. The molecule has 1 atom stereocenters. The van der Waals surface area contributed by atoms with Crippen molar-refractivity contribution in [3.8, 4) is 5.75 Å². The molecule has 1 aromatic rings. The van der Waals surface area contributed by atoms with Crippen LogP contribution in [0, 0.1) is 0 Å². The molecule has 5 nitrogen and oxygen atoms in total. The van der Waals surface area contributed by atoms with Crippen molar-refractivity contribution in [3.05, 3.63) is 23.8 Å². The van der Waals surface area contributed by atoms with E-state index in [1.807, 2.05) is 6.92 Å². The molecule has 0 aliphatic rings. The van der Waals surface area contributed by atoms with Gasteiger partial charge in [0.25, 0.3) is 9.05 Å². The summed E-state index contributed by atoms with van der Waals surface area (Å²) in [5.74, 6) is -0.0271. The third-order valence-corrected chi connectivity index (χ3v) is 3.97. The van der Waals surface area contributed by atoms with Gasteiger partial charge in [-0.3, -0.25) is 0 Å². The van der Waals surface area contributed by atoms with Crippen molar-refractivity contribution in [2.24, 2.45) is 0 Å². The first kappa shape index (κ1) is 16.8. The van der Waals surface area contributed by atoms with Gasteiger partial charge in [-0.2, -0.15) is 0 Å². The first-order valence-electron chi connectivity index (χ1n) is 6.20. The fourth-order valence-electron chi connectivity index (χ4n) is 1.60. The van der Waals surface area contributed by atoms with Gasteiger partial charge in [-0.15, -0.1) is 0 Å². The molecule has 112 valence electrons. The molecule has 0 spiro atoms. The molecule has 0 aliphatic heterocycles. The molecule has 0 aliphatic carbocycles. The van der Waals surface area contributed by atoms with E-state index in [0.29, 0.717) is 17.7 Å². The predicted molar refractivity (Wildman–Crippen MR) is 75.6 cm³/mol. The predicted octanol–water partition coefficient (Wildman–Crippen LogP) is 2.51. The van der Waals surface area contributed by atoms with Crippen molar-refractivity contribution < 1.29 is 22.7 Å². The Labute approximate surface area is 123 Å². The lowest BCUT2D eigenvalue weighted by molar-refractivity contribution is -0.150. The van der Waals surface area contributed by atoms with Crippen LogP contribution in [0.5, 0.6) is 5.75 Å². The molecule has 0 radical (unpaired) electrons. The first-order chi connectivity index (χ1) is 9.29. The standard InChI is InChI=1S/C13H17ClO5S/c1-4-10-8-11(20(14,16)17)6-7-12(10)19-9(3)13(15)18-5-2/h6-9H,4-5H2,1-3H3. The summed E-state index contributed by atoms with van der Waals surface area (Å²) in [7, 11) is 1.51. The minimum Gasteiger partial charge on any atom is -0.479 e. The number of benzene rings is 1. The van der Waals surface area contributed by atoms with Crippen LogP contribution in [0.15, 0.2) is 23.1 Å². The minimum absolute atomic E-state index is 0.00662. The fourth-order valence-corrected chi connectivity index (χ4v) is 2.40. The highest BCUT2D eigenvalue weighted by Gasteiger charge is 2.19. The Morgan fingerprint density at radius 1 is 1.35 bits per heavy atom. The lowest BCUT2D eigenvalue weighted by Gasteiger charge is -2.16. The average molecular weight is 321 g/mol. The number of carbonyl (C=O) groups excluding carboxylic acids is 1. The van der Waals surface area contributed by atoms with E-state index in [1.54, 1.807) is 13.8 Å². The van der Waals surface area contributed by atoms with Gasteiger partial charge in [0, 0.05) is 10.7 Å². The summed E-state index contributed by atoms with van der Waals surface area (Å²) < 4.78 is 32.9. The lowest BCUT2D eigenvalue weighted by Crippen LogP contribution is -2.26. The zero-order valence-corrected chi connectivity index (χ0v) is 13.1. The molecule has 1 aromatic carbocycles. The van der Waals surface area contributed by atoms with Crippen molar-refractivity contribution in [2.75, 3.05) is 6.61 Å². The zero-order chi connectivity index (χ0) is 15.3. The van der Waals surface area contributed by atoms with Crippen LogP contribution in [0.1, 0.15) is 26.3 Å². The highest BCUT2D eigenvalue weighted by atomic mass is 35.7. The molecule has 7 heteroatoms. The van der Waals surface area contributed by atoms with E-state index in [0.717, 1.165) is 0 Å². The molecule has 20 heavy (non-hydrogen) atoms. The number of rotatable bonds is 6. The Balaban J connectivity index is 2.99. The summed E-state index contributed by atoms with van der Waals surface area (Å²) in [5.41, 5.74) is 0.655. The summed E-state index contributed by atoms with van der Waals surface area (Å²) >= 11 is 0. The maximum absolute atomic E-state index is 11.5. The van der Waals surface area contributed by atoms with E-state index in [9.17, 15) is 13.2 Å². The van der Waals surface area contributed by atoms with E-state index in [-0.39, 0.29) is 11.5 Å². The number of aryl methyl sites for hydroxylation is 1. The summed E-state index contributed by atoms with van der Waals surface area (Å²) in [5, 5.41) is 0. The van der Waals surface area contributed by atoms with Crippen LogP contribution in [0.4, 0.5) is 0 Å². The molecule has 0 amide bonds. The third kappa shape index (κ3) is 4.38. The number of carbonyl (C=O) groups is 1. The normalized spacial score (nSPS) is 12.8. The van der Waals surface area contributed by atoms with Crippen molar-refractivity contribution in [3.63, 3.8) is 0 Å². The summed E-state index contributed by atoms with van der Waals surface area (Å²) in [6, 6.07) is 4.27. The molecule has 1 rings (SSSR count). The molecule has 0 saturated carbocycles. The second-order valence-electron chi connectivity index (χ2n) is 4.07. The Hall–Kier alpha value is -1.27. The highest BCUT2D eigenvalue weighted by molar-refractivity contribution is 8.13. The van der Waals surface area contributed by atoms with Crippen molar-refractivity contribution >= 4 is 25.7 Å². The number of ether oxygens (including phenoxy) is 2. The molecule has 0 saturated heterocycles. The van der Waals surface area contributed by atoms with Crippen LogP contribution in [0.25, 0.3) is 0 Å². The molecular weight excluding hydrogens is 304 g/mol. The van der Waals surface area contributed by atoms with Gasteiger partial charge in [0.1, 0.15) is 5.75 Å². The summed E-state index contributed by atoms with van der Waals surface area (Å²) in [6.45, 7) is 5.41. The minimum atomic E-state index is -3.78. The molecule has 0 fully saturated rings. The van der Waals surface area contributed by atoms with Gasteiger partial charge >= 0.3 is 5.97 Å². The Morgan fingerprint density at radius 2 is 2.00 bits per heavy atom.